The van der Waals surface area contributed by atoms with Crippen molar-refractivity contribution in [3.8, 4) is 33.4 Å². The van der Waals surface area contributed by atoms with Crippen molar-refractivity contribution in [2.24, 2.45) is 0 Å². The number of fused-ring (bicyclic) bond motifs is 4. The summed E-state index contributed by atoms with van der Waals surface area (Å²) in [5, 5.41) is 3.33. The van der Waals surface area contributed by atoms with E-state index >= 15 is 0 Å². The Morgan fingerprint density at radius 3 is 2.11 bits per heavy atom. The summed E-state index contributed by atoms with van der Waals surface area (Å²) in [6.45, 7) is 0. The van der Waals surface area contributed by atoms with Crippen molar-refractivity contribution in [1.82, 2.24) is 4.98 Å². The van der Waals surface area contributed by atoms with Gasteiger partial charge in [-0.05, 0) is 52.6 Å². The highest BCUT2D eigenvalue weighted by Gasteiger charge is 2.12. The number of pyridine rings is 1. The lowest BCUT2D eigenvalue weighted by atomic mass is 9.98. The Morgan fingerprint density at radius 2 is 1.25 bits per heavy atom. The van der Waals surface area contributed by atoms with Gasteiger partial charge in [0.05, 0.1) is 5.52 Å². The zero-order chi connectivity index (χ0) is 24.1. The quantitative estimate of drug-likeness (QED) is 0.260. The SMILES string of the molecule is Fc1ccc(-c2ccc3cc(-c4ccc(-c5cccc6c5oc5ccccc56)cc4)cnc3c2)cc1. The summed E-state index contributed by atoms with van der Waals surface area (Å²) in [4.78, 5) is 4.72. The largest absolute Gasteiger partial charge is 0.455 e. The van der Waals surface area contributed by atoms with Gasteiger partial charge in [0.15, 0.2) is 0 Å². The van der Waals surface area contributed by atoms with E-state index in [1.54, 1.807) is 12.1 Å². The Morgan fingerprint density at radius 1 is 0.556 bits per heavy atom. The van der Waals surface area contributed by atoms with Crippen LogP contribution in [0.1, 0.15) is 0 Å². The maximum atomic E-state index is 13.3. The molecule has 3 heteroatoms. The van der Waals surface area contributed by atoms with Crippen molar-refractivity contribution in [2.45, 2.75) is 0 Å². The molecule has 0 fully saturated rings. The first-order chi connectivity index (χ1) is 17.7. The molecule has 7 rings (SSSR count). The van der Waals surface area contributed by atoms with Gasteiger partial charge in [-0.2, -0.15) is 0 Å². The zero-order valence-electron chi connectivity index (χ0n) is 19.3. The number of hydrogen-bond donors (Lipinski definition) is 0. The normalized spacial score (nSPS) is 11.5. The fraction of sp³-hybridized carbons (Fsp3) is 0. The zero-order valence-corrected chi connectivity index (χ0v) is 19.3. The number of benzene rings is 5. The van der Waals surface area contributed by atoms with E-state index in [1.807, 2.05) is 30.5 Å². The van der Waals surface area contributed by atoms with Gasteiger partial charge in [-0.25, -0.2) is 4.39 Å². The second-order valence-electron chi connectivity index (χ2n) is 9.00. The van der Waals surface area contributed by atoms with Crippen LogP contribution in [0, 0.1) is 5.82 Å². The first kappa shape index (κ1) is 20.6. The van der Waals surface area contributed by atoms with E-state index in [1.165, 1.54) is 12.1 Å². The third kappa shape index (κ3) is 3.45. The van der Waals surface area contributed by atoms with Gasteiger partial charge >= 0.3 is 0 Å². The second-order valence-corrected chi connectivity index (χ2v) is 9.00. The number of para-hydroxylation sites is 2. The van der Waals surface area contributed by atoms with E-state index in [9.17, 15) is 4.39 Å². The molecule has 2 aromatic heterocycles. The average molecular weight is 466 g/mol. The molecule has 0 amide bonds. The predicted molar refractivity (Wildman–Crippen MR) is 145 cm³/mol. The van der Waals surface area contributed by atoms with Gasteiger partial charge in [0.25, 0.3) is 0 Å². The molecular formula is C33H20FNO. The van der Waals surface area contributed by atoms with Crippen LogP contribution in [0.4, 0.5) is 4.39 Å². The Labute approximate surface area is 207 Å². The van der Waals surface area contributed by atoms with E-state index in [0.29, 0.717) is 0 Å². The molecule has 0 aliphatic rings. The van der Waals surface area contributed by atoms with Gasteiger partial charge in [-0.15, -0.1) is 0 Å². The minimum Gasteiger partial charge on any atom is -0.455 e. The molecule has 5 aromatic carbocycles. The summed E-state index contributed by atoms with van der Waals surface area (Å²) in [6.07, 6.45) is 1.91. The summed E-state index contributed by atoms with van der Waals surface area (Å²) in [5.74, 6) is -0.234. The maximum absolute atomic E-state index is 13.3. The van der Waals surface area contributed by atoms with Crippen molar-refractivity contribution in [3.63, 3.8) is 0 Å². The summed E-state index contributed by atoms with van der Waals surface area (Å²) in [7, 11) is 0. The lowest BCUT2D eigenvalue weighted by molar-refractivity contribution is 0.628. The Hall–Kier alpha value is -4.76. The first-order valence-electron chi connectivity index (χ1n) is 11.9. The topological polar surface area (TPSA) is 26.0 Å². The summed E-state index contributed by atoms with van der Waals surface area (Å²) < 4.78 is 19.5. The molecule has 2 heterocycles. The molecular weight excluding hydrogens is 445 g/mol. The molecule has 170 valence electrons. The van der Waals surface area contributed by atoms with E-state index in [-0.39, 0.29) is 5.82 Å². The van der Waals surface area contributed by atoms with E-state index in [2.05, 4.69) is 66.7 Å². The number of furan rings is 1. The van der Waals surface area contributed by atoms with Crippen LogP contribution >= 0.6 is 0 Å². The lowest BCUT2D eigenvalue weighted by Gasteiger charge is -2.08. The maximum Gasteiger partial charge on any atom is 0.143 e. The van der Waals surface area contributed by atoms with Crippen molar-refractivity contribution < 1.29 is 8.81 Å². The van der Waals surface area contributed by atoms with Crippen molar-refractivity contribution >= 4 is 32.8 Å². The second kappa shape index (κ2) is 8.17. The molecule has 0 unspecified atom stereocenters. The van der Waals surface area contributed by atoms with Crippen LogP contribution in [-0.2, 0) is 0 Å². The summed E-state index contributed by atoms with van der Waals surface area (Å²) >= 11 is 0. The van der Waals surface area contributed by atoms with Crippen molar-refractivity contribution in [1.29, 1.82) is 0 Å². The highest BCUT2D eigenvalue weighted by atomic mass is 19.1. The van der Waals surface area contributed by atoms with Gasteiger partial charge in [0.2, 0.25) is 0 Å². The monoisotopic (exact) mass is 465 g/mol. The van der Waals surface area contributed by atoms with E-state index in [0.717, 1.165) is 66.2 Å². The highest BCUT2D eigenvalue weighted by molar-refractivity contribution is 6.09. The third-order valence-corrected chi connectivity index (χ3v) is 6.80. The van der Waals surface area contributed by atoms with E-state index in [4.69, 9.17) is 9.40 Å². The van der Waals surface area contributed by atoms with Crippen molar-refractivity contribution in [3.05, 3.63) is 127 Å². The van der Waals surface area contributed by atoms with Gasteiger partial charge in [-0.3, -0.25) is 4.98 Å². The molecule has 2 nitrogen and oxygen atoms in total. The molecule has 0 radical (unpaired) electrons. The van der Waals surface area contributed by atoms with Crippen LogP contribution in [0.3, 0.4) is 0 Å². The van der Waals surface area contributed by atoms with Crippen LogP contribution < -0.4 is 0 Å². The van der Waals surface area contributed by atoms with Gasteiger partial charge in [0.1, 0.15) is 17.0 Å². The smallest absolute Gasteiger partial charge is 0.143 e. The van der Waals surface area contributed by atoms with Crippen LogP contribution in [0.15, 0.2) is 126 Å². The minimum atomic E-state index is -0.234. The van der Waals surface area contributed by atoms with Crippen LogP contribution in [0.25, 0.3) is 66.2 Å². The molecule has 0 saturated carbocycles. The Bertz CT molecular complexity index is 1880. The van der Waals surface area contributed by atoms with Crippen LogP contribution in [-0.4, -0.2) is 4.98 Å². The molecule has 0 saturated heterocycles. The highest BCUT2D eigenvalue weighted by Crippen LogP contribution is 2.36. The van der Waals surface area contributed by atoms with Gasteiger partial charge < -0.3 is 4.42 Å². The summed E-state index contributed by atoms with van der Waals surface area (Å²) in [5.41, 5.74) is 9.08. The minimum absolute atomic E-state index is 0.234. The van der Waals surface area contributed by atoms with E-state index < -0.39 is 0 Å². The lowest BCUT2D eigenvalue weighted by Crippen LogP contribution is -1.86. The van der Waals surface area contributed by atoms with Crippen molar-refractivity contribution in [2.75, 3.05) is 0 Å². The molecule has 0 aliphatic carbocycles. The fourth-order valence-corrected chi connectivity index (χ4v) is 4.92. The van der Waals surface area contributed by atoms with Gasteiger partial charge in [0, 0.05) is 33.5 Å². The number of hydrogen-bond acceptors (Lipinski definition) is 2. The molecule has 0 bridgehead atoms. The van der Waals surface area contributed by atoms with Crippen LogP contribution in [0.2, 0.25) is 0 Å². The number of halogens is 1. The first-order valence-corrected chi connectivity index (χ1v) is 11.9. The summed E-state index contributed by atoms with van der Waals surface area (Å²) in [6, 6.07) is 37.9. The Balaban J connectivity index is 1.23. The standard InChI is InChI=1S/C33H20FNO/c34-27-16-14-21(15-17-27)24-12-13-25-18-26(20-35-31(25)19-24)22-8-10-23(11-9-22)28-5-3-6-30-29-4-1-2-7-32(29)36-33(28)30/h1-20H. The average Bonchev–Trinajstić information content (AvgIpc) is 3.32. The molecule has 0 spiro atoms. The van der Waals surface area contributed by atoms with Crippen LogP contribution in [0.5, 0.6) is 0 Å². The molecule has 7 aromatic rings. The molecule has 36 heavy (non-hydrogen) atoms. The van der Waals surface area contributed by atoms with Gasteiger partial charge in [-0.1, -0.05) is 84.9 Å². The number of nitrogens with zero attached hydrogens (tertiary/aromatic N) is 1. The fourth-order valence-electron chi connectivity index (χ4n) is 4.92. The number of aromatic nitrogens is 1. The predicted octanol–water partition coefficient (Wildman–Crippen LogP) is 9.27. The Kier molecular flexibility index (Phi) is 4.68. The molecule has 0 aliphatic heterocycles. The molecule has 0 atom stereocenters. The third-order valence-electron chi connectivity index (χ3n) is 6.80. The molecule has 0 N–H and O–H groups in total. The number of rotatable bonds is 3.